The zero-order valence-corrected chi connectivity index (χ0v) is 15.5. The van der Waals surface area contributed by atoms with Crippen LogP contribution in [-0.2, 0) is 16.1 Å². The van der Waals surface area contributed by atoms with Crippen molar-refractivity contribution in [2.24, 2.45) is 0 Å². The van der Waals surface area contributed by atoms with Crippen LogP contribution in [0, 0.1) is 6.92 Å². The van der Waals surface area contributed by atoms with Gasteiger partial charge in [-0.25, -0.2) is 9.59 Å². The van der Waals surface area contributed by atoms with Crippen molar-refractivity contribution in [1.29, 1.82) is 0 Å². The number of carbonyl (C=O) groups excluding carboxylic acids is 2. The molecular formula is C24H20O4. The molecule has 3 aromatic carbocycles. The minimum Gasteiger partial charge on any atom is -0.457 e. The van der Waals surface area contributed by atoms with Crippen LogP contribution in [0.4, 0.5) is 0 Å². The molecule has 0 radical (unpaired) electrons. The number of ether oxygens (including phenoxy) is 2. The number of hydrogen-bond donors (Lipinski definition) is 0. The first kappa shape index (κ1) is 19.1. The first-order chi connectivity index (χ1) is 13.6. The van der Waals surface area contributed by atoms with Gasteiger partial charge >= 0.3 is 11.9 Å². The molecule has 4 heteroatoms. The smallest absolute Gasteiger partial charge is 0.338 e. The van der Waals surface area contributed by atoms with Crippen LogP contribution in [0.1, 0.15) is 27.0 Å². The maximum atomic E-state index is 12.1. The number of rotatable bonds is 6. The van der Waals surface area contributed by atoms with Crippen molar-refractivity contribution in [1.82, 2.24) is 0 Å². The third-order valence-electron chi connectivity index (χ3n) is 4.01. The Kier molecular flexibility index (Phi) is 6.37. The van der Waals surface area contributed by atoms with Gasteiger partial charge in [0.15, 0.2) is 0 Å². The lowest BCUT2D eigenvalue weighted by Gasteiger charge is -2.06. The van der Waals surface area contributed by atoms with Crippen LogP contribution in [0.25, 0.3) is 6.08 Å². The normalized spacial score (nSPS) is 10.6. The molecule has 0 aliphatic heterocycles. The standard InChI is InChI=1S/C24H20O4/c1-18-7-9-19(10-8-18)11-16-23(25)28-22-14-12-21(13-15-22)24(26)27-17-20-5-3-2-4-6-20/h2-16H,17H2,1H3/b16-11+. The fraction of sp³-hybridized carbons (Fsp3) is 0.0833. The Balaban J connectivity index is 1.52. The van der Waals surface area contributed by atoms with E-state index in [9.17, 15) is 9.59 Å². The second-order valence-electron chi connectivity index (χ2n) is 6.25. The monoisotopic (exact) mass is 372 g/mol. The number of aryl methyl sites for hydroxylation is 1. The minimum atomic E-state index is -0.486. The van der Waals surface area contributed by atoms with E-state index < -0.39 is 11.9 Å². The van der Waals surface area contributed by atoms with Crippen molar-refractivity contribution in [3.63, 3.8) is 0 Å². The predicted octanol–water partition coefficient (Wildman–Crippen LogP) is 4.97. The molecule has 0 N–H and O–H groups in total. The summed E-state index contributed by atoms with van der Waals surface area (Å²) in [4.78, 5) is 24.0. The minimum absolute atomic E-state index is 0.209. The Morgan fingerprint density at radius 3 is 2.21 bits per heavy atom. The fourth-order valence-corrected chi connectivity index (χ4v) is 2.46. The van der Waals surface area contributed by atoms with Gasteiger partial charge in [0, 0.05) is 6.08 Å². The van der Waals surface area contributed by atoms with E-state index in [2.05, 4.69) is 0 Å². The van der Waals surface area contributed by atoms with Gasteiger partial charge in [0.25, 0.3) is 0 Å². The highest BCUT2D eigenvalue weighted by molar-refractivity contribution is 5.90. The molecule has 3 rings (SSSR count). The van der Waals surface area contributed by atoms with Gasteiger partial charge in [-0.05, 0) is 48.4 Å². The van der Waals surface area contributed by atoms with Crippen molar-refractivity contribution in [3.05, 3.63) is 107 Å². The number of benzene rings is 3. The molecule has 0 saturated carbocycles. The molecule has 140 valence electrons. The number of hydrogen-bond acceptors (Lipinski definition) is 4. The maximum absolute atomic E-state index is 12.1. The SMILES string of the molecule is Cc1ccc(/C=C/C(=O)Oc2ccc(C(=O)OCc3ccccc3)cc2)cc1. The molecule has 0 spiro atoms. The molecule has 0 amide bonds. The Morgan fingerprint density at radius 1 is 0.857 bits per heavy atom. The first-order valence-corrected chi connectivity index (χ1v) is 8.88. The van der Waals surface area contributed by atoms with Gasteiger partial charge in [0.1, 0.15) is 12.4 Å². The summed E-state index contributed by atoms with van der Waals surface area (Å²) >= 11 is 0. The Morgan fingerprint density at radius 2 is 1.54 bits per heavy atom. The van der Waals surface area contributed by atoms with E-state index in [0.717, 1.165) is 16.7 Å². The second kappa shape index (κ2) is 9.33. The molecule has 4 nitrogen and oxygen atoms in total. The molecule has 0 fully saturated rings. The van der Waals surface area contributed by atoms with E-state index in [0.29, 0.717) is 11.3 Å². The van der Waals surface area contributed by atoms with E-state index in [1.54, 1.807) is 30.3 Å². The predicted molar refractivity (Wildman–Crippen MR) is 108 cm³/mol. The lowest BCUT2D eigenvalue weighted by Crippen LogP contribution is -2.06. The maximum Gasteiger partial charge on any atom is 0.338 e. The first-order valence-electron chi connectivity index (χ1n) is 8.88. The van der Waals surface area contributed by atoms with Crippen molar-refractivity contribution >= 4 is 18.0 Å². The fourth-order valence-electron chi connectivity index (χ4n) is 2.46. The summed E-state index contributed by atoms with van der Waals surface area (Å²) in [6.45, 7) is 2.21. The zero-order valence-electron chi connectivity index (χ0n) is 15.5. The van der Waals surface area contributed by atoms with E-state index in [-0.39, 0.29) is 6.61 Å². The molecule has 3 aromatic rings. The topological polar surface area (TPSA) is 52.6 Å². The summed E-state index contributed by atoms with van der Waals surface area (Å²) < 4.78 is 10.5. The Labute approximate surface area is 164 Å². The van der Waals surface area contributed by atoms with Crippen molar-refractivity contribution in [2.75, 3.05) is 0 Å². The van der Waals surface area contributed by atoms with Gasteiger partial charge in [-0.1, -0.05) is 60.2 Å². The Hall–Kier alpha value is -3.66. The van der Waals surface area contributed by atoms with E-state index in [1.807, 2.05) is 61.5 Å². The van der Waals surface area contributed by atoms with E-state index in [1.165, 1.54) is 6.08 Å². The quantitative estimate of drug-likeness (QED) is 0.348. The lowest BCUT2D eigenvalue weighted by molar-refractivity contribution is -0.128. The van der Waals surface area contributed by atoms with E-state index in [4.69, 9.17) is 9.47 Å². The zero-order chi connectivity index (χ0) is 19.8. The summed E-state index contributed by atoms with van der Waals surface area (Å²) in [5.41, 5.74) is 3.38. The summed E-state index contributed by atoms with van der Waals surface area (Å²) in [7, 11) is 0. The molecule has 0 aliphatic rings. The molecule has 0 atom stereocenters. The van der Waals surface area contributed by atoms with E-state index >= 15 is 0 Å². The summed E-state index contributed by atoms with van der Waals surface area (Å²) in [5.74, 6) is -0.556. The molecule has 0 bridgehead atoms. The van der Waals surface area contributed by atoms with Crippen molar-refractivity contribution in [2.45, 2.75) is 13.5 Å². The largest absolute Gasteiger partial charge is 0.457 e. The van der Waals surface area contributed by atoms with Gasteiger partial charge in [0.05, 0.1) is 5.56 Å². The lowest BCUT2D eigenvalue weighted by atomic mass is 10.1. The molecule has 0 saturated heterocycles. The molecule has 28 heavy (non-hydrogen) atoms. The molecule has 0 aromatic heterocycles. The van der Waals surface area contributed by atoms with Gasteiger partial charge in [-0.15, -0.1) is 0 Å². The molecule has 0 heterocycles. The van der Waals surface area contributed by atoms with Crippen LogP contribution in [0.5, 0.6) is 5.75 Å². The highest BCUT2D eigenvalue weighted by Gasteiger charge is 2.08. The number of carbonyl (C=O) groups is 2. The van der Waals surface area contributed by atoms with Crippen LogP contribution in [0.3, 0.4) is 0 Å². The van der Waals surface area contributed by atoms with Crippen LogP contribution in [0.2, 0.25) is 0 Å². The Bertz CT molecular complexity index is 956. The van der Waals surface area contributed by atoms with Gasteiger partial charge in [-0.3, -0.25) is 0 Å². The summed E-state index contributed by atoms with van der Waals surface area (Å²) in [6.07, 6.45) is 3.06. The third kappa shape index (κ3) is 5.68. The van der Waals surface area contributed by atoms with Crippen molar-refractivity contribution < 1.29 is 19.1 Å². The highest BCUT2D eigenvalue weighted by Crippen LogP contribution is 2.14. The summed E-state index contributed by atoms with van der Waals surface area (Å²) in [6, 6.07) is 23.5. The highest BCUT2D eigenvalue weighted by atomic mass is 16.5. The molecular weight excluding hydrogens is 352 g/mol. The van der Waals surface area contributed by atoms with Crippen LogP contribution in [0.15, 0.2) is 84.9 Å². The van der Waals surface area contributed by atoms with Crippen molar-refractivity contribution in [3.8, 4) is 5.75 Å². The van der Waals surface area contributed by atoms with Crippen LogP contribution >= 0.6 is 0 Å². The second-order valence-corrected chi connectivity index (χ2v) is 6.25. The average Bonchev–Trinajstić information content (AvgIpc) is 2.73. The molecule has 0 aliphatic carbocycles. The number of esters is 2. The van der Waals surface area contributed by atoms with Gasteiger partial charge < -0.3 is 9.47 Å². The van der Waals surface area contributed by atoms with Gasteiger partial charge in [-0.2, -0.15) is 0 Å². The third-order valence-corrected chi connectivity index (χ3v) is 4.01. The van der Waals surface area contributed by atoms with Crippen LogP contribution in [-0.4, -0.2) is 11.9 Å². The molecule has 0 unspecified atom stereocenters. The summed E-state index contributed by atoms with van der Waals surface area (Å²) in [5, 5.41) is 0. The average molecular weight is 372 g/mol. The van der Waals surface area contributed by atoms with Gasteiger partial charge in [0.2, 0.25) is 0 Å². The van der Waals surface area contributed by atoms with Crippen LogP contribution < -0.4 is 4.74 Å².